The number of hydrogen-bond acceptors (Lipinski definition) is 4. The first kappa shape index (κ1) is 19.4. The van der Waals surface area contributed by atoms with E-state index in [4.69, 9.17) is 9.84 Å². The fraction of sp³-hybridized carbons (Fsp3) is 0.579. The van der Waals surface area contributed by atoms with Crippen molar-refractivity contribution in [2.45, 2.75) is 38.8 Å². The molecule has 0 aliphatic carbocycles. The number of nitrogens with one attached hydrogen (secondary N) is 1. The normalized spacial score (nSPS) is 18.5. The highest BCUT2D eigenvalue weighted by Crippen LogP contribution is 2.20. The van der Waals surface area contributed by atoms with Crippen molar-refractivity contribution in [3.05, 3.63) is 35.4 Å². The Morgan fingerprint density at radius 1 is 1.24 bits per heavy atom. The number of ether oxygens (including phenoxy) is 1. The van der Waals surface area contributed by atoms with Gasteiger partial charge in [-0.2, -0.15) is 0 Å². The van der Waals surface area contributed by atoms with Crippen LogP contribution in [-0.2, 0) is 27.5 Å². The van der Waals surface area contributed by atoms with Crippen LogP contribution in [-0.4, -0.2) is 48.6 Å². The Morgan fingerprint density at radius 3 is 2.72 bits per heavy atom. The Balaban J connectivity index is 1.78. The number of aliphatic carboxylic acids is 1. The monoisotopic (exact) mass is 348 g/mol. The summed E-state index contributed by atoms with van der Waals surface area (Å²) in [5, 5.41) is 11.9. The molecule has 0 bridgehead atoms. The summed E-state index contributed by atoms with van der Waals surface area (Å²) in [6.07, 6.45) is 2.95. The van der Waals surface area contributed by atoms with Gasteiger partial charge < -0.3 is 15.2 Å². The summed E-state index contributed by atoms with van der Waals surface area (Å²) in [5.74, 6) is -0.499. The van der Waals surface area contributed by atoms with E-state index in [0.717, 1.165) is 43.5 Å². The Bertz CT molecular complexity index is 576. The number of nitrogens with zero attached hydrogens (tertiary/aromatic N) is 1. The molecule has 1 saturated heterocycles. The summed E-state index contributed by atoms with van der Waals surface area (Å²) in [5.41, 5.74) is 2.15. The van der Waals surface area contributed by atoms with E-state index in [1.165, 1.54) is 0 Å². The van der Waals surface area contributed by atoms with Crippen molar-refractivity contribution >= 4 is 11.9 Å². The molecule has 0 unspecified atom stereocenters. The molecule has 1 aromatic rings. The van der Waals surface area contributed by atoms with Crippen molar-refractivity contribution in [3.63, 3.8) is 0 Å². The number of methoxy groups -OCH3 is 1. The molecule has 1 amide bonds. The minimum Gasteiger partial charge on any atom is -0.481 e. The van der Waals surface area contributed by atoms with Gasteiger partial charge in [0, 0.05) is 20.1 Å². The smallest absolute Gasteiger partial charge is 0.303 e. The summed E-state index contributed by atoms with van der Waals surface area (Å²) >= 11 is 0. The standard InChI is InChI=1S/C19H28N2O4/c1-25-14-17-7-3-2-6-16(17)12-20-18(22)13-21-9-4-5-15(8-10-21)11-19(23)24/h2-3,6-7,15H,4-5,8-14H2,1H3,(H,20,22)(H,23,24)/t15-/m0/s1. The quantitative estimate of drug-likeness (QED) is 0.751. The highest BCUT2D eigenvalue weighted by molar-refractivity contribution is 5.78. The molecule has 0 saturated carbocycles. The first-order valence-corrected chi connectivity index (χ1v) is 8.85. The summed E-state index contributed by atoms with van der Waals surface area (Å²) < 4.78 is 5.19. The van der Waals surface area contributed by atoms with Gasteiger partial charge >= 0.3 is 5.97 Å². The Morgan fingerprint density at radius 2 is 2.00 bits per heavy atom. The van der Waals surface area contributed by atoms with Crippen LogP contribution in [0.3, 0.4) is 0 Å². The highest BCUT2D eigenvalue weighted by Gasteiger charge is 2.20. The van der Waals surface area contributed by atoms with Crippen LogP contribution in [0.4, 0.5) is 0 Å². The molecule has 0 aromatic heterocycles. The number of carbonyl (C=O) groups is 2. The average Bonchev–Trinajstić information content (AvgIpc) is 2.79. The third kappa shape index (κ3) is 6.84. The zero-order valence-corrected chi connectivity index (χ0v) is 14.9. The molecule has 2 N–H and O–H groups in total. The van der Waals surface area contributed by atoms with E-state index in [2.05, 4.69) is 10.2 Å². The maximum atomic E-state index is 12.2. The summed E-state index contributed by atoms with van der Waals surface area (Å²) in [6.45, 7) is 3.03. The summed E-state index contributed by atoms with van der Waals surface area (Å²) in [4.78, 5) is 25.2. The molecule has 1 heterocycles. The van der Waals surface area contributed by atoms with Crippen LogP contribution in [0, 0.1) is 5.92 Å². The number of rotatable bonds is 8. The molecule has 6 heteroatoms. The maximum Gasteiger partial charge on any atom is 0.303 e. The number of carbonyl (C=O) groups excluding carboxylic acids is 1. The number of amides is 1. The summed E-state index contributed by atoms with van der Waals surface area (Å²) in [7, 11) is 1.66. The third-order valence-corrected chi connectivity index (χ3v) is 4.67. The second kappa shape index (κ2) is 10.2. The molecule has 0 spiro atoms. The lowest BCUT2D eigenvalue weighted by atomic mass is 9.97. The molecule has 6 nitrogen and oxygen atoms in total. The molecule has 1 aliphatic heterocycles. The van der Waals surface area contributed by atoms with Gasteiger partial charge in [0.25, 0.3) is 0 Å². The van der Waals surface area contributed by atoms with Gasteiger partial charge in [-0.1, -0.05) is 24.3 Å². The van der Waals surface area contributed by atoms with E-state index in [9.17, 15) is 9.59 Å². The van der Waals surface area contributed by atoms with Gasteiger partial charge in [0.15, 0.2) is 0 Å². The minimum atomic E-state index is -0.731. The van der Waals surface area contributed by atoms with Crippen molar-refractivity contribution in [1.82, 2.24) is 10.2 Å². The lowest BCUT2D eigenvalue weighted by Gasteiger charge is -2.19. The van der Waals surface area contributed by atoms with Crippen molar-refractivity contribution < 1.29 is 19.4 Å². The number of carboxylic acid groups (broad SMARTS) is 1. The second-order valence-corrected chi connectivity index (χ2v) is 6.65. The van der Waals surface area contributed by atoms with Crippen LogP contribution in [0.2, 0.25) is 0 Å². The van der Waals surface area contributed by atoms with E-state index in [0.29, 0.717) is 19.7 Å². The van der Waals surface area contributed by atoms with Crippen LogP contribution in [0.25, 0.3) is 0 Å². The molecule has 1 aliphatic rings. The van der Waals surface area contributed by atoms with E-state index < -0.39 is 5.97 Å². The van der Waals surface area contributed by atoms with Gasteiger partial charge in [0.1, 0.15) is 0 Å². The highest BCUT2D eigenvalue weighted by atomic mass is 16.5. The van der Waals surface area contributed by atoms with Gasteiger partial charge in [0.2, 0.25) is 5.91 Å². The third-order valence-electron chi connectivity index (χ3n) is 4.67. The lowest BCUT2D eigenvalue weighted by Crippen LogP contribution is -2.37. The Labute approximate surface area is 149 Å². The molecule has 25 heavy (non-hydrogen) atoms. The molecule has 2 rings (SSSR count). The number of hydrogen-bond donors (Lipinski definition) is 2. The van der Waals surface area contributed by atoms with E-state index in [1.54, 1.807) is 7.11 Å². The zero-order valence-electron chi connectivity index (χ0n) is 14.9. The fourth-order valence-corrected chi connectivity index (χ4v) is 3.31. The second-order valence-electron chi connectivity index (χ2n) is 6.65. The van der Waals surface area contributed by atoms with Gasteiger partial charge in [-0.3, -0.25) is 14.5 Å². The molecule has 1 fully saturated rings. The first-order chi connectivity index (χ1) is 12.1. The molecule has 138 valence electrons. The van der Waals surface area contributed by atoms with E-state index >= 15 is 0 Å². The van der Waals surface area contributed by atoms with Crippen LogP contribution in [0.5, 0.6) is 0 Å². The topological polar surface area (TPSA) is 78.9 Å². The van der Waals surface area contributed by atoms with E-state index in [-0.39, 0.29) is 18.2 Å². The van der Waals surface area contributed by atoms with Gasteiger partial charge in [0.05, 0.1) is 13.2 Å². The number of benzene rings is 1. The van der Waals surface area contributed by atoms with Gasteiger partial charge in [-0.25, -0.2) is 0 Å². The van der Waals surface area contributed by atoms with Crippen molar-refractivity contribution in [2.75, 3.05) is 26.7 Å². The van der Waals surface area contributed by atoms with Crippen molar-refractivity contribution in [2.24, 2.45) is 5.92 Å². The Hall–Kier alpha value is -1.92. The molecule has 1 atom stereocenters. The van der Waals surface area contributed by atoms with Gasteiger partial charge in [-0.15, -0.1) is 0 Å². The zero-order chi connectivity index (χ0) is 18.1. The average molecular weight is 348 g/mol. The largest absolute Gasteiger partial charge is 0.481 e. The van der Waals surface area contributed by atoms with Crippen molar-refractivity contribution in [1.29, 1.82) is 0 Å². The van der Waals surface area contributed by atoms with Crippen LogP contribution in [0.1, 0.15) is 36.8 Å². The fourth-order valence-electron chi connectivity index (χ4n) is 3.31. The van der Waals surface area contributed by atoms with Crippen LogP contribution < -0.4 is 5.32 Å². The lowest BCUT2D eigenvalue weighted by molar-refractivity contribution is -0.138. The number of carboxylic acids is 1. The van der Waals surface area contributed by atoms with E-state index in [1.807, 2.05) is 24.3 Å². The van der Waals surface area contributed by atoms with Crippen LogP contribution in [0.15, 0.2) is 24.3 Å². The Kier molecular flexibility index (Phi) is 7.88. The first-order valence-electron chi connectivity index (χ1n) is 8.85. The van der Waals surface area contributed by atoms with Gasteiger partial charge in [-0.05, 0) is 49.4 Å². The minimum absolute atomic E-state index is 0.00362. The molecule has 0 radical (unpaired) electrons. The molecular weight excluding hydrogens is 320 g/mol. The van der Waals surface area contributed by atoms with Crippen LogP contribution >= 0.6 is 0 Å². The number of likely N-dealkylation sites (tertiary alicyclic amines) is 1. The maximum absolute atomic E-state index is 12.2. The molecular formula is C19H28N2O4. The summed E-state index contributed by atoms with van der Waals surface area (Å²) in [6, 6.07) is 7.92. The van der Waals surface area contributed by atoms with Crippen molar-refractivity contribution in [3.8, 4) is 0 Å². The predicted octanol–water partition coefficient (Wildman–Crippen LogP) is 2.03. The predicted molar refractivity (Wildman–Crippen MR) is 95.0 cm³/mol. The SMILES string of the molecule is COCc1ccccc1CNC(=O)CN1CCC[C@H](CC(=O)O)CC1. The molecule has 1 aromatic carbocycles.